The average molecular weight is 386 g/mol. The van der Waals surface area contributed by atoms with Crippen molar-refractivity contribution in [3.63, 3.8) is 0 Å². The summed E-state index contributed by atoms with van der Waals surface area (Å²) >= 11 is 1.73. The number of rotatable bonds is 7. The molecule has 2 aromatic carbocycles. The first kappa shape index (κ1) is 19.7. The predicted molar refractivity (Wildman–Crippen MR) is 113 cm³/mol. The van der Waals surface area contributed by atoms with E-state index in [4.69, 9.17) is 4.74 Å². The van der Waals surface area contributed by atoms with Crippen molar-refractivity contribution in [3.05, 3.63) is 54.1 Å². The van der Waals surface area contributed by atoms with Crippen molar-refractivity contribution in [1.82, 2.24) is 4.90 Å². The summed E-state index contributed by atoms with van der Waals surface area (Å²) in [5, 5.41) is 2.98. The van der Waals surface area contributed by atoms with Crippen LogP contribution in [0.4, 0.5) is 11.4 Å². The summed E-state index contributed by atoms with van der Waals surface area (Å²) in [6, 6.07) is 16.5. The van der Waals surface area contributed by atoms with Gasteiger partial charge in [0.05, 0.1) is 19.8 Å². The van der Waals surface area contributed by atoms with E-state index in [1.54, 1.807) is 11.8 Å². The summed E-state index contributed by atoms with van der Waals surface area (Å²) in [6.07, 6.45) is 2.07. The van der Waals surface area contributed by atoms with Crippen molar-refractivity contribution in [3.8, 4) is 0 Å². The lowest BCUT2D eigenvalue weighted by atomic mass is 10.2. The van der Waals surface area contributed by atoms with Gasteiger partial charge in [-0.25, -0.2) is 0 Å². The maximum atomic E-state index is 12.3. The molecule has 144 valence electrons. The summed E-state index contributed by atoms with van der Waals surface area (Å²) < 4.78 is 5.38. The number of nitrogens with zero attached hydrogens (tertiary/aromatic N) is 2. The van der Waals surface area contributed by atoms with Crippen LogP contribution in [0.3, 0.4) is 0 Å². The quantitative estimate of drug-likeness (QED) is 0.741. The largest absolute Gasteiger partial charge is 0.378 e. The fourth-order valence-electron chi connectivity index (χ4n) is 3.12. The van der Waals surface area contributed by atoms with Gasteiger partial charge >= 0.3 is 0 Å². The van der Waals surface area contributed by atoms with Gasteiger partial charge in [0.2, 0.25) is 5.91 Å². The number of benzene rings is 2. The molecule has 1 aliphatic rings. The first-order valence-electron chi connectivity index (χ1n) is 9.18. The van der Waals surface area contributed by atoms with Gasteiger partial charge < -0.3 is 15.0 Å². The lowest BCUT2D eigenvalue weighted by Gasteiger charge is -2.28. The number of likely N-dealkylation sites (N-methyl/N-ethyl adjacent to an activating group) is 1. The van der Waals surface area contributed by atoms with E-state index in [-0.39, 0.29) is 5.91 Å². The summed E-state index contributed by atoms with van der Waals surface area (Å²) in [4.78, 5) is 17.9. The molecule has 0 radical (unpaired) electrons. The van der Waals surface area contributed by atoms with E-state index in [9.17, 15) is 4.79 Å². The lowest BCUT2D eigenvalue weighted by Crippen LogP contribution is -2.36. The van der Waals surface area contributed by atoms with Crippen LogP contribution in [0.5, 0.6) is 0 Å². The maximum absolute atomic E-state index is 12.3. The maximum Gasteiger partial charge on any atom is 0.238 e. The van der Waals surface area contributed by atoms with E-state index in [0.717, 1.165) is 38.5 Å². The van der Waals surface area contributed by atoms with Crippen LogP contribution in [-0.2, 0) is 16.1 Å². The third kappa shape index (κ3) is 5.99. The molecule has 0 saturated carbocycles. The molecule has 0 bridgehead atoms. The highest BCUT2D eigenvalue weighted by atomic mass is 32.2. The molecule has 27 heavy (non-hydrogen) atoms. The number of ether oxygens (including phenoxy) is 1. The third-order valence-corrected chi connectivity index (χ3v) is 5.30. The minimum absolute atomic E-state index is 0.00245. The monoisotopic (exact) mass is 385 g/mol. The summed E-state index contributed by atoms with van der Waals surface area (Å²) in [7, 11) is 1.96. The zero-order chi connectivity index (χ0) is 19.1. The second-order valence-electron chi connectivity index (χ2n) is 6.71. The van der Waals surface area contributed by atoms with Crippen molar-refractivity contribution in [2.24, 2.45) is 0 Å². The Hall–Kier alpha value is -2.02. The molecule has 2 aromatic rings. The van der Waals surface area contributed by atoms with Crippen LogP contribution in [0.25, 0.3) is 0 Å². The van der Waals surface area contributed by atoms with E-state index in [0.29, 0.717) is 6.54 Å². The summed E-state index contributed by atoms with van der Waals surface area (Å²) in [5.41, 5.74) is 3.20. The lowest BCUT2D eigenvalue weighted by molar-refractivity contribution is -0.117. The highest BCUT2D eigenvalue weighted by Gasteiger charge is 2.12. The fraction of sp³-hybridized carbons (Fsp3) is 0.381. The number of morpholine rings is 1. The fourth-order valence-corrected chi connectivity index (χ4v) is 3.53. The smallest absolute Gasteiger partial charge is 0.238 e. The minimum Gasteiger partial charge on any atom is -0.378 e. The molecule has 3 rings (SSSR count). The number of amides is 1. The van der Waals surface area contributed by atoms with E-state index in [1.807, 2.05) is 24.1 Å². The molecular weight excluding hydrogens is 358 g/mol. The topological polar surface area (TPSA) is 44.8 Å². The van der Waals surface area contributed by atoms with Crippen molar-refractivity contribution in [2.45, 2.75) is 11.4 Å². The summed E-state index contributed by atoms with van der Waals surface area (Å²) in [5.74, 6) is -0.00245. The molecule has 5 nitrogen and oxygen atoms in total. The minimum atomic E-state index is -0.00245. The van der Waals surface area contributed by atoms with Crippen LogP contribution in [0.2, 0.25) is 0 Å². The molecule has 1 saturated heterocycles. The molecule has 1 heterocycles. The molecule has 1 N–H and O–H groups in total. The number of hydrogen-bond donors (Lipinski definition) is 1. The predicted octanol–water partition coefficient (Wildman–Crippen LogP) is 3.32. The molecule has 6 heteroatoms. The van der Waals surface area contributed by atoms with Crippen LogP contribution < -0.4 is 10.2 Å². The van der Waals surface area contributed by atoms with E-state index < -0.39 is 0 Å². The average Bonchev–Trinajstić information content (AvgIpc) is 2.69. The Labute approximate surface area is 165 Å². The van der Waals surface area contributed by atoms with Crippen LogP contribution in [0, 0.1) is 0 Å². The molecule has 0 spiro atoms. The molecule has 0 unspecified atom stereocenters. The van der Waals surface area contributed by atoms with Gasteiger partial charge in [0, 0.05) is 35.9 Å². The van der Waals surface area contributed by atoms with E-state index >= 15 is 0 Å². The SMILES string of the molecule is CSc1ccc(CN(C)CC(=O)Nc2ccc(N3CCOCC3)cc2)cc1. The van der Waals surface area contributed by atoms with Gasteiger partial charge in [-0.2, -0.15) is 0 Å². The van der Waals surface area contributed by atoms with Crippen LogP contribution >= 0.6 is 11.8 Å². The zero-order valence-corrected chi connectivity index (χ0v) is 16.8. The Kier molecular flexibility index (Phi) is 7.15. The highest BCUT2D eigenvalue weighted by molar-refractivity contribution is 7.98. The number of carbonyl (C=O) groups is 1. The number of hydrogen-bond acceptors (Lipinski definition) is 5. The van der Waals surface area contributed by atoms with Crippen molar-refractivity contribution in [2.75, 3.05) is 56.4 Å². The summed E-state index contributed by atoms with van der Waals surface area (Å²) in [6.45, 7) is 4.46. The van der Waals surface area contributed by atoms with Gasteiger partial charge in [-0.05, 0) is 55.3 Å². The Morgan fingerprint density at radius 3 is 2.41 bits per heavy atom. The molecule has 0 atom stereocenters. The van der Waals surface area contributed by atoms with Crippen LogP contribution in [0.1, 0.15) is 5.56 Å². The molecule has 1 aliphatic heterocycles. The van der Waals surface area contributed by atoms with E-state index in [1.165, 1.54) is 16.1 Å². The Bertz CT molecular complexity index is 728. The van der Waals surface area contributed by atoms with Crippen molar-refractivity contribution < 1.29 is 9.53 Å². The number of anilines is 2. The van der Waals surface area contributed by atoms with Gasteiger partial charge in [0.1, 0.15) is 0 Å². The Morgan fingerprint density at radius 2 is 1.78 bits per heavy atom. The van der Waals surface area contributed by atoms with E-state index in [2.05, 4.69) is 52.9 Å². The van der Waals surface area contributed by atoms with Gasteiger partial charge in [-0.3, -0.25) is 9.69 Å². The highest BCUT2D eigenvalue weighted by Crippen LogP contribution is 2.19. The van der Waals surface area contributed by atoms with Gasteiger partial charge in [0.15, 0.2) is 0 Å². The van der Waals surface area contributed by atoms with Crippen molar-refractivity contribution >= 4 is 29.0 Å². The standard InChI is InChI=1S/C21H27N3O2S/c1-23(15-17-3-9-20(27-2)10-4-17)16-21(25)22-18-5-7-19(8-6-18)24-11-13-26-14-12-24/h3-10H,11-16H2,1-2H3,(H,22,25). The first-order chi connectivity index (χ1) is 13.1. The molecule has 0 aliphatic carbocycles. The number of thioether (sulfide) groups is 1. The normalized spacial score (nSPS) is 14.4. The van der Waals surface area contributed by atoms with Gasteiger partial charge in [-0.1, -0.05) is 12.1 Å². The van der Waals surface area contributed by atoms with Gasteiger partial charge in [-0.15, -0.1) is 11.8 Å². The van der Waals surface area contributed by atoms with Crippen molar-refractivity contribution in [1.29, 1.82) is 0 Å². The molecule has 0 aromatic heterocycles. The second-order valence-corrected chi connectivity index (χ2v) is 7.59. The molecule has 1 amide bonds. The second kappa shape index (κ2) is 9.78. The van der Waals surface area contributed by atoms with Crippen LogP contribution in [-0.4, -0.2) is 57.0 Å². The third-order valence-electron chi connectivity index (χ3n) is 4.55. The number of carbonyl (C=O) groups excluding carboxylic acids is 1. The Morgan fingerprint density at radius 1 is 1.11 bits per heavy atom. The first-order valence-corrected chi connectivity index (χ1v) is 10.4. The Balaban J connectivity index is 1.47. The molecular formula is C21H27N3O2S. The zero-order valence-electron chi connectivity index (χ0n) is 16.0. The van der Waals surface area contributed by atoms with Gasteiger partial charge in [0.25, 0.3) is 0 Å². The van der Waals surface area contributed by atoms with Crippen LogP contribution in [0.15, 0.2) is 53.4 Å². The number of nitrogens with one attached hydrogen (secondary N) is 1. The molecule has 1 fully saturated rings.